The van der Waals surface area contributed by atoms with Crippen molar-refractivity contribution >= 4 is 40.3 Å². The van der Waals surface area contributed by atoms with Crippen LogP contribution in [0.4, 0.5) is 10.1 Å². The smallest absolute Gasteiger partial charge is 0.240 e. The minimum atomic E-state index is -0.366. The van der Waals surface area contributed by atoms with E-state index in [1.807, 2.05) is 24.3 Å². The zero-order valence-electron chi connectivity index (χ0n) is 15.9. The maximum atomic E-state index is 13.0. The minimum absolute atomic E-state index is 0.0894. The second-order valence-corrected chi connectivity index (χ2v) is 7.10. The molecule has 0 radical (unpaired) electrons. The van der Waals surface area contributed by atoms with Crippen LogP contribution in [-0.2, 0) is 20.9 Å². The van der Waals surface area contributed by atoms with Gasteiger partial charge in [-0.3, -0.25) is 9.59 Å². The van der Waals surface area contributed by atoms with E-state index in [9.17, 15) is 14.0 Å². The maximum absolute atomic E-state index is 13.0. The Labute approximate surface area is 171 Å². The summed E-state index contributed by atoms with van der Waals surface area (Å²) in [4.78, 5) is 29.0. The van der Waals surface area contributed by atoms with Gasteiger partial charge in [0.2, 0.25) is 11.8 Å². The van der Waals surface area contributed by atoms with Gasteiger partial charge in [-0.2, -0.15) is 0 Å². The van der Waals surface area contributed by atoms with E-state index in [2.05, 4.69) is 15.6 Å². The minimum Gasteiger partial charge on any atom is -0.383 e. The summed E-state index contributed by atoms with van der Waals surface area (Å²) in [7, 11) is 1.57. The fourth-order valence-corrected chi connectivity index (χ4v) is 3.48. The highest BCUT2D eigenvalue weighted by Gasteiger charge is 2.15. The van der Waals surface area contributed by atoms with E-state index in [1.165, 1.54) is 36.0 Å². The first kappa shape index (κ1) is 20.8. The Morgan fingerprint density at radius 3 is 2.66 bits per heavy atom. The number of hydrogen-bond acceptors (Lipinski definition) is 5. The monoisotopic (exact) mass is 416 g/mol. The van der Waals surface area contributed by atoms with Gasteiger partial charge >= 0.3 is 0 Å². The molecule has 2 N–H and O–H groups in total. The zero-order valence-corrected chi connectivity index (χ0v) is 16.7. The Morgan fingerprint density at radius 1 is 1.14 bits per heavy atom. The van der Waals surface area contributed by atoms with Gasteiger partial charge in [-0.25, -0.2) is 9.37 Å². The van der Waals surface area contributed by atoms with Crippen molar-refractivity contribution in [3.63, 3.8) is 0 Å². The standard InChI is InChI=1S/C20H21FN4O3S/c1-28-11-10-22-18(26)12-25-17-5-3-2-4-16(17)24-20(25)29-13-19(27)23-15-8-6-14(21)7-9-15/h2-9H,10-13H2,1H3,(H,22,26)(H,23,27). The van der Waals surface area contributed by atoms with Gasteiger partial charge in [0.15, 0.2) is 5.16 Å². The summed E-state index contributed by atoms with van der Waals surface area (Å²) in [6.45, 7) is 0.943. The summed E-state index contributed by atoms with van der Waals surface area (Å²) in [5.41, 5.74) is 2.08. The summed E-state index contributed by atoms with van der Waals surface area (Å²) in [5.74, 6) is -0.672. The fourth-order valence-electron chi connectivity index (χ4n) is 2.67. The van der Waals surface area contributed by atoms with Gasteiger partial charge in [-0.05, 0) is 36.4 Å². The van der Waals surface area contributed by atoms with Crippen molar-refractivity contribution in [2.75, 3.05) is 31.3 Å². The van der Waals surface area contributed by atoms with Crippen molar-refractivity contribution in [3.05, 3.63) is 54.3 Å². The largest absolute Gasteiger partial charge is 0.383 e. The highest BCUT2D eigenvalue weighted by atomic mass is 32.2. The lowest BCUT2D eigenvalue weighted by Gasteiger charge is -2.10. The summed E-state index contributed by atoms with van der Waals surface area (Å²) in [6, 6.07) is 13.0. The molecule has 0 bridgehead atoms. The van der Waals surface area contributed by atoms with Crippen LogP contribution < -0.4 is 10.6 Å². The van der Waals surface area contributed by atoms with Crippen molar-refractivity contribution in [1.82, 2.24) is 14.9 Å². The quantitative estimate of drug-likeness (QED) is 0.414. The number of anilines is 1. The highest BCUT2D eigenvalue weighted by Crippen LogP contribution is 2.24. The molecule has 0 unspecified atom stereocenters. The summed E-state index contributed by atoms with van der Waals surface area (Å²) in [5, 5.41) is 6.07. The number of carbonyl (C=O) groups is 2. The molecule has 7 nitrogen and oxygen atoms in total. The van der Waals surface area contributed by atoms with Crippen LogP contribution >= 0.6 is 11.8 Å². The molecule has 3 aromatic rings. The Hall–Kier alpha value is -2.91. The molecule has 2 aromatic carbocycles. The highest BCUT2D eigenvalue weighted by molar-refractivity contribution is 7.99. The van der Waals surface area contributed by atoms with Crippen LogP contribution in [0.3, 0.4) is 0 Å². The number of thioether (sulfide) groups is 1. The van der Waals surface area contributed by atoms with E-state index in [0.717, 1.165) is 11.0 Å². The van der Waals surface area contributed by atoms with E-state index in [-0.39, 0.29) is 29.9 Å². The number of aromatic nitrogens is 2. The van der Waals surface area contributed by atoms with E-state index >= 15 is 0 Å². The first-order valence-electron chi connectivity index (χ1n) is 8.96. The number of rotatable bonds is 9. The van der Waals surface area contributed by atoms with Crippen molar-refractivity contribution < 1.29 is 18.7 Å². The van der Waals surface area contributed by atoms with Crippen LogP contribution in [-0.4, -0.2) is 47.4 Å². The average molecular weight is 416 g/mol. The van der Waals surface area contributed by atoms with Crippen molar-refractivity contribution in [2.24, 2.45) is 0 Å². The third-order valence-electron chi connectivity index (χ3n) is 4.01. The van der Waals surface area contributed by atoms with Crippen LogP contribution in [0.25, 0.3) is 11.0 Å². The molecule has 0 spiro atoms. The Bertz CT molecular complexity index is 991. The Balaban J connectivity index is 1.68. The molecule has 1 aromatic heterocycles. The molecule has 2 amide bonds. The zero-order chi connectivity index (χ0) is 20.6. The second-order valence-electron chi connectivity index (χ2n) is 6.16. The lowest BCUT2D eigenvalue weighted by Crippen LogP contribution is -2.30. The summed E-state index contributed by atoms with van der Waals surface area (Å²) < 4.78 is 19.7. The number of nitrogens with zero attached hydrogens (tertiary/aromatic N) is 2. The van der Waals surface area contributed by atoms with Gasteiger partial charge in [-0.15, -0.1) is 0 Å². The van der Waals surface area contributed by atoms with Gasteiger partial charge < -0.3 is 19.9 Å². The molecule has 0 saturated heterocycles. The summed E-state index contributed by atoms with van der Waals surface area (Å²) in [6.07, 6.45) is 0. The molecular formula is C20H21FN4O3S. The number of imidazole rings is 1. The summed E-state index contributed by atoms with van der Waals surface area (Å²) >= 11 is 1.23. The predicted octanol–water partition coefficient (Wildman–Crippen LogP) is 2.67. The normalized spacial score (nSPS) is 10.8. The van der Waals surface area contributed by atoms with E-state index in [1.54, 1.807) is 11.7 Å². The number of amides is 2. The molecular weight excluding hydrogens is 395 g/mol. The first-order valence-corrected chi connectivity index (χ1v) is 9.94. The van der Waals surface area contributed by atoms with Crippen LogP contribution in [0, 0.1) is 5.82 Å². The Morgan fingerprint density at radius 2 is 1.90 bits per heavy atom. The SMILES string of the molecule is COCCNC(=O)Cn1c(SCC(=O)Nc2ccc(F)cc2)nc2ccccc21. The number of ether oxygens (including phenoxy) is 1. The fraction of sp³-hybridized carbons (Fsp3) is 0.250. The van der Waals surface area contributed by atoms with Crippen molar-refractivity contribution in [1.29, 1.82) is 0 Å². The number of nitrogens with one attached hydrogen (secondary N) is 2. The molecule has 0 aliphatic rings. The number of carbonyl (C=O) groups excluding carboxylic acids is 2. The number of benzene rings is 2. The number of methoxy groups -OCH3 is 1. The van der Waals surface area contributed by atoms with Gasteiger partial charge in [0.1, 0.15) is 12.4 Å². The van der Waals surface area contributed by atoms with Gasteiger partial charge in [-0.1, -0.05) is 23.9 Å². The first-order chi connectivity index (χ1) is 14.1. The van der Waals surface area contributed by atoms with E-state index < -0.39 is 0 Å². The molecule has 0 atom stereocenters. The van der Waals surface area contributed by atoms with Crippen molar-refractivity contribution in [2.45, 2.75) is 11.7 Å². The lowest BCUT2D eigenvalue weighted by molar-refractivity contribution is -0.121. The van der Waals surface area contributed by atoms with Crippen LogP contribution in [0.1, 0.15) is 0 Å². The Kier molecular flexibility index (Phi) is 7.20. The molecule has 152 valence electrons. The third kappa shape index (κ3) is 5.78. The van der Waals surface area contributed by atoms with E-state index in [0.29, 0.717) is 24.0 Å². The molecule has 9 heteroatoms. The average Bonchev–Trinajstić information content (AvgIpc) is 3.06. The molecule has 29 heavy (non-hydrogen) atoms. The van der Waals surface area contributed by atoms with Crippen LogP contribution in [0.5, 0.6) is 0 Å². The molecule has 0 aliphatic carbocycles. The van der Waals surface area contributed by atoms with Crippen molar-refractivity contribution in [3.8, 4) is 0 Å². The number of para-hydroxylation sites is 2. The van der Waals surface area contributed by atoms with Gasteiger partial charge in [0.25, 0.3) is 0 Å². The topological polar surface area (TPSA) is 85.2 Å². The number of halogens is 1. The van der Waals surface area contributed by atoms with Gasteiger partial charge in [0, 0.05) is 19.3 Å². The second kappa shape index (κ2) is 10.0. The maximum Gasteiger partial charge on any atom is 0.240 e. The third-order valence-corrected chi connectivity index (χ3v) is 4.99. The van der Waals surface area contributed by atoms with Crippen LogP contribution in [0.2, 0.25) is 0 Å². The van der Waals surface area contributed by atoms with Crippen LogP contribution in [0.15, 0.2) is 53.7 Å². The van der Waals surface area contributed by atoms with Gasteiger partial charge in [0.05, 0.1) is 23.4 Å². The molecule has 1 heterocycles. The lowest BCUT2D eigenvalue weighted by atomic mass is 10.3. The molecule has 3 rings (SSSR count). The molecule has 0 fully saturated rings. The number of fused-ring (bicyclic) bond motifs is 1. The molecule has 0 aliphatic heterocycles. The van der Waals surface area contributed by atoms with E-state index in [4.69, 9.17) is 4.74 Å². The predicted molar refractivity (Wildman–Crippen MR) is 110 cm³/mol. The molecule has 0 saturated carbocycles. The number of hydrogen-bond donors (Lipinski definition) is 2.